The lowest BCUT2D eigenvalue weighted by molar-refractivity contribution is 0.0692. The number of benzene rings is 3. The van der Waals surface area contributed by atoms with Crippen molar-refractivity contribution >= 4 is 17.6 Å². The number of nitrogens with one attached hydrogen (secondary N) is 1. The van der Waals surface area contributed by atoms with Crippen LogP contribution in [0.2, 0.25) is 5.02 Å². The predicted molar refractivity (Wildman–Crippen MR) is 119 cm³/mol. The Morgan fingerprint density at radius 3 is 2.48 bits per heavy atom. The van der Waals surface area contributed by atoms with Crippen LogP contribution in [0.3, 0.4) is 0 Å². The molecule has 0 spiro atoms. The molecule has 3 aromatic rings. The topological polar surface area (TPSA) is 69.6 Å². The van der Waals surface area contributed by atoms with Gasteiger partial charge in [0.25, 0.3) is 0 Å². The summed E-state index contributed by atoms with van der Waals surface area (Å²) in [7, 11) is 0. The lowest BCUT2D eigenvalue weighted by atomic mass is 9.86. The molecule has 0 fully saturated rings. The van der Waals surface area contributed by atoms with Crippen molar-refractivity contribution in [2.45, 2.75) is 31.4 Å². The van der Waals surface area contributed by atoms with Crippen molar-refractivity contribution in [2.24, 2.45) is 0 Å². The summed E-state index contributed by atoms with van der Waals surface area (Å²) in [5, 5.41) is 23.5. The van der Waals surface area contributed by atoms with E-state index in [9.17, 15) is 14.3 Å². The third-order valence-electron chi connectivity index (χ3n) is 5.82. The van der Waals surface area contributed by atoms with E-state index in [4.69, 9.17) is 16.7 Å². The third kappa shape index (κ3) is 4.96. The van der Waals surface area contributed by atoms with Crippen LogP contribution in [0.25, 0.3) is 11.1 Å². The molecular weight excluding hydrogens is 417 g/mol. The lowest BCUT2D eigenvalue weighted by Crippen LogP contribution is -2.37. The maximum absolute atomic E-state index is 14.1. The van der Waals surface area contributed by atoms with Crippen LogP contribution in [0.15, 0.2) is 60.7 Å². The summed E-state index contributed by atoms with van der Waals surface area (Å²) in [5.74, 6) is -2.01. The van der Waals surface area contributed by atoms with Crippen molar-refractivity contribution in [1.29, 1.82) is 0 Å². The van der Waals surface area contributed by atoms with Crippen molar-refractivity contribution < 1.29 is 19.4 Å². The first-order chi connectivity index (χ1) is 14.9. The summed E-state index contributed by atoms with van der Waals surface area (Å²) in [6, 6.07) is 17.7. The fraction of sp³-hybridized carbons (Fsp3) is 0.240. The normalized spacial score (nSPS) is 16.5. The quantitative estimate of drug-likeness (QED) is 0.504. The third-order valence-corrected chi connectivity index (χ3v) is 6.07. The highest BCUT2D eigenvalue weighted by Gasteiger charge is 2.20. The fourth-order valence-corrected chi connectivity index (χ4v) is 4.19. The number of carboxylic acids is 1. The molecule has 0 saturated carbocycles. The summed E-state index contributed by atoms with van der Waals surface area (Å²) in [6.45, 7) is 0.448. The van der Waals surface area contributed by atoms with Gasteiger partial charge in [0.05, 0.1) is 11.7 Å². The SMILES string of the molecule is O=C(O)c1ccc(-c2ccc3c(c2)C[C@@H](NC[C@@H](O)c2ccc(Cl)cc2)CC3)cc1F. The summed E-state index contributed by atoms with van der Waals surface area (Å²) >= 11 is 5.91. The molecule has 0 bridgehead atoms. The maximum atomic E-state index is 14.1. The van der Waals surface area contributed by atoms with Gasteiger partial charge in [0.1, 0.15) is 5.82 Å². The highest BCUT2D eigenvalue weighted by molar-refractivity contribution is 6.30. The first kappa shape index (κ1) is 21.5. The van der Waals surface area contributed by atoms with Gasteiger partial charge in [-0.05, 0) is 71.3 Å². The molecule has 0 radical (unpaired) electrons. The number of carboxylic acid groups (broad SMARTS) is 1. The molecule has 1 aliphatic carbocycles. The fourth-order valence-electron chi connectivity index (χ4n) is 4.06. The number of hydrogen-bond donors (Lipinski definition) is 3. The van der Waals surface area contributed by atoms with Crippen molar-refractivity contribution in [2.75, 3.05) is 6.54 Å². The van der Waals surface area contributed by atoms with Crippen LogP contribution in [0, 0.1) is 5.82 Å². The maximum Gasteiger partial charge on any atom is 0.338 e. The highest BCUT2D eigenvalue weighted by Crippen LogP contribution is 2.29. The molecule has 0 saturated heterocycles. The van der Waals surface area contributed by atoms with Crippen molar-refractivity contribution in [3.63, 3.8) is 0 Å². The minimum Gasteiger partial charge on any atom is -0.478 e. The van der Waals surface area contributed by atoms with E-state index < -0.39 is 17.9 Å². The second-order valence-electron chi connectivity index (χ2n) is 7.90. The molecule has 2 atom stereocenters. The summed E-state index contributed by atoms with van der Waals surface area (Å²) < 4.78 is 14.1. The van der Waals surface area contributed by atoms with E-state index in [1.165, 1.54) is 23.3 Å². The first-order valence-electron chi connectivity index (χ1n) is 10.2. The first-order valence-corrected chi connectivity index (χ1v) is 10.6. The second kappa shape index (κ2) is 9.18. The van der Waals surface area contributed by atoms with Gasteiger partial charge in [0, 0.05) is 17.6 Å². The Balaban J connectivity index is 1.44. The van der Waals surface area contributed by atoms with Crippen LogP contribution in [0.4, 0.5) is 4.39 Å². The molecular formula is C25H23ClFNO3. The predicted octanol–water partition coefficient (Wildman–Crippen LogP) is 5.02. The van der Waals surface area contributed by atoms with E-state index in [1.54, 1.807) is 18.2 Å². The molecule has 0 amide bonds. The Morgan fingerprint density at radius 1 is 1.06 bits per heavy atom. The van der Waals surface area contributed by atoms with Gasteiger partial charge < -0.3 is 15.5 Å². The largest absolute Gasteiger partial charge is 0.478 e. The summed E-state index contributed by atoms with van der Waals surface area (Å²) in [6.07, 6.45) is 2.10. The molecule has 0 unspecified atom stereocenters. The minimum absolute atomic E-state index is 0.232. The van der Waals surface area contributed by atoms with Crippen LogP contribution >= 0.6 is 11.6 Å². The molecule has 4 nitrogen and oxygen atoms in total. The number of aliphatic hydroxyl groups excluding tert-OH is 1. The van der Waals surface area contributed by atoms with Gasteiger partial charge in [-0.1, -0.05) is 48.0 Å². The van der Waals surface area contributed by atoms with Crippen LogP contribution in [-0.2, 0) is 12.8 Å². The zero-order valence-corrected chi connectivity index (χ0v) is 17.6. The van der Waals surface area contributed by atoms with Gasteiger partial charge in [0.15, 0.2) is 0 Å². The summed E-state index contributed by atoms with van der Waals surface area (Å²) in [4.78, 5) is 11.0. The van der Waals surface area contributed by atoms with Crippen LogP contribution in [0.5, 0.6) is 0 Å². The average Bonchev–Trinajstić information content (AvgIpc) is 2.77. The molecule has 31 heavy (non-hydrogen) atoms. The number of carbonyl (C=O) groups is 1. The van der Waals surface area contributed by atoms with Crippen molar-refractivity contribution in [3.8, 4) is 11.1 Å². The molecule has 3 N–H and O–H groups in total. The Kier molecular flexibility index (Phi) is 6.37. The molecule has 0 aromatic heterocycles. The second-order valence-corrected chi connectivity index (χ2v) is 8.34. The number of rotatable bonds is 6. The number of aromatic carboxylic acids is 1. The average molecular weight is 440 g/mol. The molecule has 4 rings (SSSR count). The van der Waals surface area contributed by atoms with Gasteiger partial charge in [-0.3, -0.25) is 0 Å². The number of fused-ring (bicyclic) bond motifs is 1. The zero-order valence-electron chi connectivity index (χ0n) is 16.8. The van der Waals surface area contributed by atoms with Crippen molar-refractivity contribution in [3.05, 3.63) is 93.8 Å². The van der Waals surface area contributed by atoms with Gasteiger partial charge in [-0.25, -0.2) is 9.18 Å². The molecule has 0 heterocycles. The molecule has 3 aromatic carbocycles. The van der Waals surface area contributed by atoms with Gasteiger partial charge in [0.2, 0.25) is 0 Å². The molecule has 0 aliphatic heterocycles. The van der Waals surface area contributed by atoms with Gasteiger partial charge in [-0.2, -0.15) is 0 Å². The number of halogens is 2. The highest BCUT2D eigenvalue weighted by atomic mass is 35.5. The van der Waals surface area contributed by atoms with E-state index in [1.807, 2.05) is 24.3 Å². The van der Waals surface area contributed by atoms with Gasteiger partial charge in [-0.15, -0.1) is 0 Å². The number of hydrogen-bond acceptors (Lipinski definition) is 3. The molecule has 160 valence electrons. The summed E-state index contributed by atoms with van der Waals surface area (Å²) in [5.41, 5.74) is 4.45. The van der Waals surface area contributed by atoms with E-state index in [0.29, 0.717) is 17.1 Å². The van der Waals surface area contributed by atoms with E-state index in [0.717, 1.165) is 30.4 Å². The molecule has 6 heteroatoms. The number of aryl methyl sites for hydroxylation is 1. The lowest BCUT2D eigenvalue weighted by Gasteiger charge is -2.27. The standard InChI is InChI=1S/C25H23ClFNO3/c26-20-7-3-16(4-8-20)24(29)14-28-21-9-5-15-1-2-17(11-19(15)12-21)18-6-10-22(25(30)31)23(27)13-18/h1-4,6-8,10-11,13,21,24,28-29H,5,9,12,14H2,(H,30,31)/t21-,24+/m0/s1. The zero-order chi connectivity index (χ0) is 22.0. The Hall–Kier alpha value is -2.73. The van der Waals surface area contributed by atoms with E-state index in [2.05, 4.69) is 11.4 Å². The van der Waals surface area contributed by atoms with E-state index >= 15 is 0 Å². The number of aliphatic hydroxyl groups is 1. The van der Waals surface area contributed by atoms with Crippen molar-refractivity contribution in [1.82, 2.24) is 5.32 Å². The minimum atomic E-state index is -1.27. The van der Waals surface area contributed by atoms with Crippen LogP contribution in [-0.4, -0.2) is 28.8 Å². The molecule has 1 aliphatic rings. The Bertz CT molecular complexity index is 1100. The van der Waals surface area contributed by atoms with Gasteiger partial charge >= 0.3 is 5.97 Å². The Morgan fingerprint density at radius 2 is 1.77 bits per heavy atom. The van der Waals surface area contributed by atoms with Crippen LogP contribution < -0.4 is 5.32 Å². The smallest absolute Gasteiger partial charge is 0.338 e. The Labute approximate surface area is 185 Å². The van der Waals surface area contributed by atoms with E-state index in [-0.39, 0.29) is 11.6 Å². The monoisotopic (exact) mass is 439 g/mol. The van der Waals surface area contributed by atoms with Crippen LogP contribution in [0.1, 0.15) is 39.6 Å².